The number of hydrogen-bond acceptors (Lipinski definition) is 4. The molecule has 4 heteroatoms. The standard InChI is InChI=1S/C11H24N4/c1-4-5-10(13-12)8-11-9-14(2)6-7-15(11)3/h4,10-11,13H,1,5-9,12H2,2-3H3. The molecule has 0 aromatic rings. The van der Waals surface area contributed by atoms with Crippen molar-refractivity contribution in [2.45, 2.75) is 24.9 Å². The van der Waals surface area contributed by atoms with Crippen LogP contribution in [0, 0.1) is 0 Å². The molecule has 2 atom stereocenters. The molecule has 1 saturated heterocycles. The molecule has 0 aromatic carbocycles. The highest BCUT2D eigenvalue weighted by Gasteiger charge is 2.24. The van der Waals surface area contributed by atoms with Crippen molar-refractivity contribution < 1.29 is 0 Å². The molecular weight excluding hydrogens is 188 g/mol. The van der Waals surface area contributed by atoms with E-state index < -0.39 is 0 Å². The molecule has 4 nitrogen and oxygen atoms in total. The summed E-state index contributed by atoms with van der Waals surface area (Å²) < 4.78 is 0. The predicted molar refractivity (Wildman–Crippen MR) is 64.5 cm³/mol. The van der Waals surface area contributed by atoms with E-state index in [1.54, 1.807) is 0 Å². The van der Waals surface area contributed by atoms with Crippen molar-refractivity contribution in [1.29, 1.82) is 0 Å². The van der Waals surface area contributed by atoms with Crippen LogP contribution in [0.4, 0.5) is 0 Å². The molecule has 15 heavy (non-hydrogen) atoms. The Morgan fingerprint density at radius 2 is 2.27 bits per heavy atom. The van der Waals surface area contributed by atoms with E-state index in [0.29, 0.717) is 12.1 Å². The van der Waals surface area contributed by atoms with Gasteiger partial charge in [0.25, 0.3) is 0 Å². The zero-order valence-electron chi connectivity index (χ0n) is 9.95. The number of nitrogens with two attached hydrogens (primary N) is 1. The Labute approximate surface area is 93.1 Å². The maximum atomic E-state index is 5.53. The first-order chi connectivity index (χ1) is 7.17. The van der Waals surface area contributed by atoms with E-state index >= 15 is 0 Å². The van der Waals surface area contributed by atoms with Crippen molar-refractivity contribution in [2.75, 3.05) is 33.7 Å². The van der Waals surface area contributed by atoms with Gasteiger partial charge >= 0.3 is 0 Å². The van der Waals surface area contributed by atoms with Crippen LogP contribution >= 0.6 is 0 Å². The van der Waals surface area contributed by atoms with Gasteiger partial charge in [-0.3, -0.25) is 11.3 Å². The molecule has 1 rings (SSSR count). The van der Waals surface area contributed by atoms with Crippen LogP contribution in [0.5, 0.6) is 0 Å². The van der Waals surface area contributed by atoms with Crippen LogP contribution in [0.25, 0.3) is 0 Å². The Hall–Kier alpha value is -0.420. The summed E-state index contributed by atoms with van der Waals surface area (Å²) >= 11 is 0. The van der Waals surface area contributed by atoms with Crippen molar-refractivity contribution in [1.82, 2.24) is 15.2 Å². The van der Waals surface area contributed by atoms with Gasteiger partial charge in [-0.15, -0.1) is 6.58 Å². The third-order valence-electron chi connectivity index (χ3n) is 3.22. The Kier molecular flexibility index (Phi) is 5.25. The first-order valence-corrected chi connectivity index (χ1v) is 5.63. The fraction of sp³-hybridized carbons (Fsp3) is 0.818. The van der Waals surface area contributed by atoms with Gasteiger partial charge in [-0.05, 0) is 26.9 Å². The fourth-order valence-electron chi connectivity index (χ4n) is 2.12. The van der Waals surface area contributed by atoms with Gasteiger partial charge in [-0.2, -0.15) is 0 Å². The van der Waals surface area contributed by atoms with E-state index in [4.69, 9.17) is 5.84 Å². The summed E-state index contributed by atoms with van der Waals surface area (Å²) in [5.74, 6) is 5.53. The first-order valence-electron chi connectivity index (χ1n) is 5.63. The minimum atomic E-state index is 0.349. The highest BCUT2D eigenvalue weighted by molar-refractivity contribution is 4.85. The molecule has 1 fully saturated rings. The fourth-order valence-corrected chi connectivity index (χ4v) is 2.12. The van der Waals surface area contributed by atoms with Gasteiger partial charge in [0.15, 0.2) is 0 Å². The normalized spacial score (nSPS) is 26.5. The van der Waals surface area contributed by atoms with E-state index in [-0.39, 0.29) is 0 Å². The molecule has 3 N–H and O–H groups in total. The van der Waals surface area contributed by atoms with Gasteiger partial charge < -0.3 is 9.80 Å². The molecular formula is C11H24N4. The summed E-state index contributed by atoms with van der Waals surface area (Å²) in [7, 11) is 4.37. The number of hydrazine groups is 1. The van der Waals surface area contributed by atoms with E-state index in [0.717, 1.165) is 32.5 Å². The maximum absolute atomic E-state index is 5.53. The molecule has 88 valence electrons. The molecule has 1 heterocycles. The van der Waals surface area contributed by atoms with Gasteiger partial charge in [0.05, 0.1) is 0 Å². The third kappa shape index (κ3) is 3.91. The Balaban J connectivity index is 2.42. The molecule has 0 aliphatic carbocycles. The minimum Gasteiger partial charge on any atom is -0.304 e. The molecule has 0 spiro atoms. The van der Waals surface area contributed by atoms with Crippen molar-refractivity contribution in [3.05, 3.63) is 12.7 Å². The molecule has 2 unspecified atom stereocenters. The monoisotopic (exact) mass is 212 g/mol. The molecule has 0 bridgehead atoms. The van der Waals surface area contributed by atoms with E-state index in [1.165, 1.54) is 0 Å². The zero-order chi connectivity index (χ0) is 11.3. The van der Waals surface area contributed by atoms with Crippen LogP contribution in [0.3, 0.4) is 0 Å². The summed E-state index contributed by atoms with van der Waals surface area (Å²) in [4.78, 5) is 4.81. The molecule has 0 saturated carbocycles. The SMILES string of the molecule is C=CCC(CC1CN(C)CCN1C)NN. The average Bonchev–Trinajstić information content (AvgIpc) is 2.22. The lowest BCUT2D eigenvalue weighted by atomic mass is 10.0. The Morgan fingerprint density at radius 1 is 1.53 bits per heavy atom. The van der Waals surface area contributed by atoms with E-state index in [2.05, 4.69) is 35.9 Å². The summed E-state index contributed by atoms with van der Waals surface area (Å²) in [5.41, 5.74) is 2.87. The van der Waals surface area contributed by atoms with Crippen LogP contribution < -0.4 is 11.3 Å². The maximum Gasteiger partial charge on any atom is 0.0260 e. The van der Waals surface area contributed by atoms with Crippen LogP contribution in [0.1, 0.15) is 12.8 Å². The quantitative estimate of drug-likeness (QED) is 0.383. The zero-order valence-corrected chi connectivity index (χ0v) is 9.95. The number of rotatable bonds is 5. The number of hydrogen-bond donors (Lipinski definition) is 2. The van der Waals surface area contributed by atoms with Gasteiger partial charge in [0.2, 0.25) is 0 Å². The predicted octanol–water partition coefficient (Wildman–Crippen LogP) is 0.0303. The van der Waals surface area contributed by atoms with Gasteiger partial charge in [0, 0.05) is 31.7 Å². The summed E-state index contributed by atoms with van der Waals surface area (Å²) in [6, 6.07) is 0.950. The third-order valence-corrected chi connectivity index (χ3v) is 3.22. The van der Waals surface area contributed by atoms with E-state index in [1.807, 2.05) is 6.08 Å². The Morgan fingerprint density at radius 3 is 2.87 bits per heavy atom. The molecule has 1 aliphatic rings. The minimum absolute atomic E-state index is 0.349. The average molecular weight is 212 g/mol. The number of likely N-dealkylation sites (N-methyl/N-ethyl adjacent to an activating group) is 2. The number of piperazine rings is 1. The topological polar surface area (TPSA) is 44.5 Å². The van der Waals surface area contributed by atoms with E-state index in [9.17, 15) is 0 Å². The van der Waals surface area contributed by atoms with Crippen molar-refractivity contribution in [2.24, 2.45) is 5.84 Å². The number of nitrogens with one attached hydrogen (secondary N) is 1. The van der Waals surface area contributed by atoms with Crippen LogP contribution in [-0.2, 0) is 0 Å². The highest BCUT2D eigenvalue weighted by Crippen LogP contribution is 2.13. The highest BCUT2D eigenvalue weighted by atomic mass is 15.3. The molecule has 0 amide bonds. The summed E-state index contributed by atoms with van der Waals surface area (Å²) in [5, 5.41) is 0. The second-order valence-electron chi connectivity index (χ2n) is 4.52. The first kappa shape index (κ1) is 12.6. The van der Waals surface area contributed by atoms with Gasteiger partial charge in [-0.25, -0.2) is 0 Å². The second kappa shape index (κ2) is 6.23. The molecule has 1 aliphatic heterocycles. The van der Waals surface area contributed by atoms with Gasteiger partial charge in [0.1, 0.15) is 0 Å². The smallest absolute Gasteiger partial charge is 0.0260 e. The van der Waals surface area contributed by atoms with Crippen LogP contribution in [0.15, 0.2) is 12.7 Å². The van der Waals surface area contributed by atoms with Crippen LogP contribution in [0.2, 0.25) is 0 Å². The molecule has 0 radical (unpaired) electrons. The number of nitrogens with zero attached hydrogens (tertiary/aromatic N) is 2. The lowest BCUT2D eigenvalue weighted by Gasteiger charge is -2.39. The van der Waals surface area contributed by atoms with Crippen molar-refractivity contribution in [3.63, 3.8) is 0 Å². The van der Waals surface area contributed by atoms with Gasteiger partial charge in [-0.1, -0.05) is 6.08 Å². The lowest BCUT2D eigenvalue weighted by Crippen LogP contribution is -2.52. The Bertz CT molecular complexity index is 195. The largest absolute Gasteiger partial charge is 0.304 e. The van der Waals surface area contributed by atoms with Crippen LogP contribution in [-0.4, -0.2) is 55.6 Å². The summed E-state index contributed by atoms with van der Waals surface area (Å²) in [6.45, 7) is 7.19. The van der Waals surface area contributed by atoms with Crippen molar-refractivity contribution >= 4 is 0 Å². The summed E-state index contributed by atoms with van der Waals surface area (Å²) in [6.07, 6.45) is 3.95. The lowest BCUT2D eigenvalue weighted by molar-refractivity contribution is 0.101. The molecule has 0 aromatic heterocycles. The second-order valence-corrected chi connectivity index (χ2v) is 4.52. The van der Waals surface area contributed by atoms with Crippen molar-refractivity contribution in [3.8, 4) is 0 Å².